The van der Waals surface area contributed by atoms with Crippen molar-refractivity contribution in [3.63, 3.8) is 0 Å². The molecule has 1 N–H and O–H groups in total. The lowest BCUT2D eigenvalue weighted by Crippen LogP contribution is -2.38. The second-order valence-electron chi connectivity index (χ2n) is 6.74. The fraction of sp³-hybridized carbons (Fsp3) is 0.895. The van der Waals surface area contributed by atoms with E-state index in [0.717, 1.165) is 43.6 Å². The van der Waals surface area contributed by atoms with Crippen molar-refractivity contribution < 1.29 is 19.1 Å². The van der Waals surface area contributed by atoms with E-state index in [1.165, 1.54) is 0 Å². The maximum atomic E-state index is 12.5. The fourth-order valence-corrected chi connectivity index (χ4v) is 4.96. The van der Waals surface area contributed by atoms with Crippen LogP contribution in [-0.4, -0.2) is 74.3 Å². The third-order valence-electron chi connectivity index (χ3n) is 4.61. The largest absolute Gasteiger partial charge is 0.383 e. The van der Waals surface area contributed by atoms with E-state index >= 15 is 0 Å². The molecule has 0 aromatic carbocycles. The highest BCUT2D eigenvalue weighted by Gasteiger charge is 2.34. The van der Waals surface area contributed by atoms with E-state index in [9.17, 15) is 9.59 Å². The van der Waals surface area contributed by atoms with Crippen LogP contribution in [0.3, 0.4) is 0 Å². The van der Waals surface area contributed by atoms with Crippen LogP contribution in [-0.2, 0) is 19.1 Å². The van der Waals surface area contributed by atoms with Crippen molar-refractivity contribution in [2.75, 3.05) is 45.4 Å². The van der Waals surface area contributed by atoms with Gasteiger partial charge in [-0.3, -0.25) is 9.59 Å². The first kappa shape index (κ1) is 24.6. The van der Waals surface area contributed by atoms with Gasteiger partial charge in [-0.1, -0.05) is 28.5 Å². The summed E-state index contributed by atoms with van der Waals surface area (Å²) in [5, 5.41) is 2.96. The Kier molecular flexibility index (Phi) is 14.1. The van der Waals surface area contributed by atoms with E-state index in [1.54, 1.807) is 14.2 Å². The van der Waals surface area contributed by atoms with Crippen molar-refractivity contribution in [2.24, 2.45) is 0 Å². The molecular weight excluding hydrogens is 384 g/mol. The van der Waals surface area contributed by atoms with Crippen molar-refractivity contribution in [2.45, 2.75) is 64.0 Å². The molecular formula is C19H36N2O4S2. The summed E-state index contributed by atoms with van der Waals surface area (Å²) in [6.45, 7) is 4.00. The van der Waals surface area contributed by atoms with Crippen LogP contribution in [0.25, 0.3) is 0 Å². The minimum absolute atomic E-state index is 0.104. The second-order valence-corrected chi connectivity index (χ2v) is 9.61. The number of carbonyl (C=O) groups is 2. The minimum Gasteiger partial charge on any atom is -0.383 e. The first-order chi connectivity index (χ1) is 13.1. The molecule has 1 aliphatic rings. The molecule has 8 heteroatoms. The predicted octanol–water partition coefficient (Wildman–Crippen LogP) is 3.11. The monoisotopic (exact) mass is 420 g/mol. The average molecular weight is 421 g/mol. The molecule has 1 aliphatic heterocycles. The molecule has 0 unspecified atom stereocenters. The van der Waals surface area contributed by atoms with Gasteiger partial charge in [0, 0.05) is 51.7 Å². The van der Waals surface area contributed by atoms with E-state index in [2.05, 4.69) is 12.2 Å². The SMILES string of the molecule is CCSSCCCCC(=O)NCCCCC(=O)N1C[C@@H](OC)C[C@@H]1COC. The maximum absolute atomic E-state index is 12.5. The number of likely N-dealkylation sites (tertiary alicyclic amines) is 1. The first-order valence-corrected chi connectivity index (χ1v) is 12.4. The average Bonchev–Trinajstić information content (AvgIpc) is 3.07. The molecule has 0 bridgehead atoms. The standard InChI is InChI=1S/C19H36N2O4S2/c1-4-26-27-12-8-6-9-18(22)20-11-7-5-10-19(23)21-14-17(25-3)13-16(21)15-24-2/h16-17H,4-15H2,1-3H3,(H,20,22)/t16-,17+/m1/s1. The highest BCUT2D eigenvalue weighted by Crippen LogP contribution is 2.22. The topological polar surface area (TPSA) is 67.9 Å². The van der Waals surface area contributed by atoms with Gasteiger partial charge in [-0.15, -0.1) is 0 Å². The molecule has 1 fully saturated rings. The van der Waals surface area contributed by atoms with Crippen LogP contribution in [0.2, 0.25) is 0 Å². The number of hydrogen-bond donors (Lipinski definition) is 1. The lowest BCUT2D eigenvalue weighted by Gasteiger charge is -2.23. The van der Waals surface area contributed by atoms with Gasteiger partial charge in [0.1, 0.15) is 0 Å². The Hall–Kier alpha value is -0.440. The summed E-state index contributed by atoms with van der Waals surface area (Å²) < 4.78 is 10.6. The van der Waals surface area contributed by atoms with Crippen LogP contribution < -0.4 is 5.32 Å². The maximum Gasteiger partial charge on any atom is 0.222 e. The number of methoxy groups -OCH3 is 2. The molecule has 1 rings (SSSR count). The number of hydrogen-bond acceptors (Lipinski definition) is 6. The van der Waals surface area contributed by atoms with E-state index in [0.29, 0.717) is 32.5 Å². The van der Waals surface area contributed by atoms with Crippen LogP contribution in [0.5, 0.6) is 0 Å². The molecule has 2 atom stereocenters. The zero-order valence-electron chi connectivity index (χ0n) is 17.0. The molecule has 1 heterocycles. The van der Waals surface area contributed by atoms with Crippen molar-refractivity contribution in [3.8, 4) is 0 Å². The molecule has 0 radical (unpaired) electrons. The third kappa shape index (κ3) is 10.6. The normalized spacial score (nSPS) is 19.4. The predicted molar refractivity (Wildman–Crippen MR) is 114 cm³/mol. The van der Waals surface area contributed by atoms with E-state index in [4.69, 9.17) is 9.47 Å². The first-order valence-electron chi connectivity index (χ1n) is 9.94. The third-order valence-corrected chi connectivity index (χ3v) is 7.18. The molecule has 6 nitrogen and oxygen atoms in total. The van der Waals surface area contributed by atoms with E-state index < -0.39 is 0 Å². The molecule has 0 spiro atoms. The molecule has 0 aromatic heterocycles. The van der Waals surface area contributed by atoms with E-state index in [-0.39, 0.29) is 24.0 Å². The molecule has 2 amide bonds. The summed E-state index contributed by atoms with van der Waals surface area (Å²) in [7, 11) is 7.10. The van der Waals surface area contributed by atoms with Gasteiger partial charge in [-0.05, 0) is 32.1 Å². The van der Waals surface area contributed by atoms with Crippen LogP contribution >= 0.6 is 21.6 Å². The highest BCUT2D eigenvalue weighted by atomic mass is 33.1. The van der Waals surface area contributed by atoms with Gasteiger partial charge in [0.25, 0.3) is 0 Å². The molecule has 0 aromatic rings. The van der Waals surface area contributed by atoms with Gasteiger partial charge >= 0.3 is 0 Å². The Morgan fingerprint density at radius 3 is 2.59 bits per heavy atom. The summed E-state index contributed by atoms with van der Waals surface area (Å²) in [5.41, 5.74) is 0. The zero-order chi connectivity index (χ0) is 19.9. The van der Waals surface area contributed by atoms with Gasteiger partial charge < -0.3 is 19.7 Å². The van der Waals surface area contributed by atoms with Crippen LogP contribution in [0, 0.1) is 0 Å². The summed E-state index contributed by atoms with van der Waals surface area (Å²) in [5.74, 6) is 2.52. The van der Waals surface area contributed by atoms with Crippen molar-refractivity contribution in [1.82, 2.24) is 10.2 Å². The Balaban J connectivity index is 2.08. The number of ether oxygens (including phenoxy) is 2. The lowest BCUT2D eigenvalue weighted by atomic mass is 10.2. The highest BCUT2D eigenvalue weighted by molar-refractivity contribution is 8.76. The zero-order valence-corrected chi connectivity index (χ0v) is 18.7. The molecule has 158 valence electrons. The Morgan fingerprint density at radius 2 is 1.89 bits per heavy atom. The quantitative estimate of drug-likeness (QED) is 0.324. The van der Waals surface area contributed by atoms with Crippen molar-refractivity contribution in [1.29, 1.82) is 0 Å². The molecule has 27 heavy (non-hydrogen) atoms. The van der Waals surface area contributed by atoms with Gasteiger partial charge in [-0.25, -0.2) is 0 Å². The number of carbonyl (C=O) groups excluding carboxylic acids is 2. The summed E-state index contributed by atoms with van der Waals surface area (Å²) in [6, 6.07) is 0.112. The molecule has 0 aliphatic carbocycles. The van der Waals surface area contributed by atoms with Gasteiger partial charge in [-0.2, -0.15) is 0 Å². The smallest absolute Gasteiger partial charge is 0.222 e. The summed E-state index contributed by atoms with van der Waals surface area (Å²) in [4.78, 5) is 26.2. The summed E-state index contributed by atoms with van der Waals surface area (Å²) >= 11 is 0. The molecule has 0 saturated carbocycles. The Bertz CT molecular complexity index is 427. The second kappa shape index (κ2) is 15.5. The minimum atomic E-state index is 0.104. The van der Waals surface area contributed by atoms with Gasteiger partial charge in [0.15, 0.2) is 0 Å². The number of amides is 2. The Morgan fingerprint density at radius 1 is 1.11 bits per heavy atom. The number of unbranched alkanes of at least 4 members (excludes halogenated alkanes) is 2. The van der Waals surface area contributed by atoms with Crippen LogP contribution in [0.1, 0.15) is 51.9 Å². The van der Waals surface area contributed by atoms with Crippen LogP contribution in [0.4, 0.5) is 0 Å². The lowest BCUT2D eigenvalue weighted by molar-refractivity contribution is -0.133. The fourth-order valence-electron chi connectivity index (χ4n) is 3.15. The number of nitrogens with one attached hydrogen (secondary N) is 1. The Labute approximate surface area is 172 Å². The van der Waals surface area contributed by atoms with Gasteiger partial charge in [0.05, 0.1) is 18.8 Å². The van der Waals surface area contributed by atoms with Crippen LogP contribution in [0.15, 0.2) is 0 Å². The summed E-state index contributed by atoms with van der Waals surface area (Å²) in [6.07, 6.45) is 5.70. The van der Waals surface area contributed by atoms with Crippen molar-refractivity contribution >= 4 is 33.4 Å². The van der Waals surface area contributed by atoms with Crippen molar-refractivity contribution in [3.05, 3.63) is 0 Å². The number of rotatable bonds is 15. The van der Waals surface area contributed by atoms with Gasteiger partial charge in [0.2, 0.25) is 11.8 Å². The number of nitrogens with zero attached hydrogens (tertiary/aromatic N) is 1. The molecule has 1 saturated heterocycles. The van der Waals surface area contributed by atoms with E-state index in [1.807, 2.05) is 26.5 Å².